The Kier molecular flexibility index (Phi) is 7.28. The van der Waals surface area contributed by atoms with Crippen molar-refractivity contribution in [2.24, 2.45) is 5.92 Å². The van der Waals surface area contributed by atoms with Crippen molar-refractivity contribution in [2.45, 2.75) is 25.5 Å². The van der Waals surface area contributed by atoms with Crippen molar-refractivity contribution in [2.75, 3.05) is 31.1 Å². The molecule has 3 aliphatic rings. The van der Waals surface area contributed by atoms with Crippen LogP contribution >= 0.6 is 11.3 Å². The zero-order valence-electron chi connectivity index (χ0n) is 23.4. The van der Waals surface area contributed by atoms with Crippen molar-refractivity contribution in [1.29, 1.82) is 0 Å². The van der Waals surface area contributed by atoms with E-state index in [4.69, 9.17) is 9.47 Å². The molecule has 1 N–H and O–H groups in total. The fourth-order valence-corrected chi connectivity index (χ4v) is 6.70. The summed E-state index contributed by atoms with van der Waals surface area (Å²) in [7, 11) is 0. The smallest absolute Gasteiger partial charge is 0.263 e. The number of carbonyl (C=O) groups excluding carboxylic acids is 3. The monoisotopic (exact) mass is 594 g/mol. The van der Waals surface area contributed by atoms with Crippen LogP contribution in [0.15, 0.2) is 78.2 Å². The molecule has 3 aliphatic heterocycles. The second kappa shape index (κ2) is 11.5. The number of hydrogen-bond donors (Lipinski definition) is 1. The number of rotatable bonds is 7. The van der Waals surface area contributed by atoms with Gasteiger partial charge in [-0.2, -0.15) is 0 Å². The highest BCUT2D eigenvalue weighted by Gasteiger charge is 2.41. The van der Waals surface area contributed by atoms with Crippen molar-refractivity contribution in [3.05, 3.63) is 94.3 Å². The maximum atomic E-state index is 13.7. The van der Waals surface area contributed by atoms with Crippen LogP contribution in [0.2, 0.25) is 0 Å². The molecule has 2 atom stereocenters. The van der Waals surface area contributed by atoms with Gasteiger partial charge < -0.3 is 19.7 Å². The molecule has 43 heavy (non-hydrogen) atoms. The van der Waals surface area contributed by atoms with E-state index in [0.717, 1.165) is 29.1 Å². The van der Waals surface area contributed by atoms with E-state index in [1.165, 1.54) is 16.2 Å². The van der Waals surface area contributed by atoms with Gasteiger partial charge in [-0.05, 0) is 37.1 Å². The SMILES string of the molecule is O=C(NCc1nc(-c2ccccc2)cs1)[C@@H]1CCCN(c2cccc3c2C(=O)N(C[C@@H]2COc4ccccc4O2)C3=O)C1. The summed E-state index contributed by atoms with van der Waals surface area (Å²) in [5.74, 6) is 0.286. The topological polar surface area (TPSA) is 101 Å². The fourth-order valence-electron chi connectivity index (χ4n) is 5.95. The average molecular weight is 595 g/mol. The average Bonchev–Trinajstić information content (AvgIpc) is 3.63. The third-order valence-corrected chi connectivity index (χ3v) is 8.95. The minimum absolute atomic E-state index is 0.0347. The van der Waals surface area contributed by atoms with Gasteiger partial charge in [-0.25, -0.2) is 4.98 Å². The van der Waals surface area contributed by atoms with E-state index in [1.807, 2.05) is 66.0 Å². The van der Waals surface area contributed by atoms with Gasteiger partial charge in [0.15, 0.2) is 17.6 Å². The van der Waals surface area contributed by atoms with Crippen LogP contribution in [0.3, 0.4) is 0 Å². The van der Waals surface area contributed by atoms with Crippen LogP contribution in [0, 0.1) is 5.92 Å². The molecule has 1 saturated heterocycles. The first kappa shape index (κ1) is 27.2. The number of fused-ring (bicyclic) bond motifs is 2. The summed E-state index contributed by atoms with van der Waals surface area (Å²) in [5, 5.41) is 5.91. The van der Waals surface area contributed by atoms with Gasteiger partial charge in [0.25, 0.3) is 11.8 Å². The Labute approximate surface area is 253 Å². The van der Waals surface area contributed by atoms with Crippen molar-refractivity contribution < 1.29 is 23.9 Å². The first-order valence-corrected chi connectivity index (χ1v) is 15.3. The molecular formula is C33H30N4O5S. The van der Waals surface area contributed by atoms with Gasteiger partial charge in [0.05, 0.1) is 41.5 Å². The minimum Gasteiger partial charge on any atom is -0.486 e. The number of benzene rings is 3. The summed E-state index contributed by atoms with van der Waals surface area (Å²) < 4.78 is 11.8. The van der Waals surface area contributed by atoms with Gasteiger partial charge in [-0.3, -0.25) is 19.3 Å². The van der Waals surface area contributed by atoms with Crippen LogP contribution in [-0.2, 0) is 11.3 Å². The maximum absolute atomic E-state index is 13.7. The highest BCUT2D eigenvalue weighted by molar-refractivity contribution is 7.09. The molecule has 0 radical (unpaired) electrons. The van der Waals surface area contributed by atoms with E-state index in [0.29, 0.717) is 47.9 Å². The van der Waals surface area contributed by atoms with Gasteiger partial charge in [0.2, 0.25) is 5.91 Å². The van der Waals surface area contributed by atoms with Crippen molar-refractivity contribution >= 4 is 34.7 Å². The number of carbonyl (C=O) groups is 3. The lowest BCUT2D eigenvalue weighted by Crippen LogP contribution is -2.44. The Hall–Kier alpha value is -4.70. The number of imide groups is 1. The summed E-state index contributed by atoms with van der Waals surface area (Å²) in [6, 6.07) is 22.7. The Balaban J connectivity index is 1.01. The van der Waals surface area contributed by atoms with Gasteiger partial charge in [-0.1, -0.05) is 48.5 Å². The molecule has 1 fully saturated rings. The lowest BCUT2D eigenvalue weighted by Gasteiger charge is -2.34. The van der Waals surface area contributed by atoms with Crippen LogP contribution in [0.1, 0.15) is 38.6 Å². The molecule has 10 heteroatoms. The summed E-state index contributed by atoms with van der Waals surface area (Å²) in [6.07, 6.45) is 1.09. The maximum Gasteiger partial charge on any atom is 0.263 e. The van der Waals surface area contributed by atoms with E-state index in [1.54, 1.807) is 12.1 Å². The van der Waals surface area contributed by atoms with Crippen LogP contribution < -0.4 is 19.7 Å². The standard InChI is InChI=1S/C33H30N4O5S/c38-31(34-16-29-35-25(20-43-29)21-8-2-1-3-9-21)22-10-7-15-36(17-22)26-12-6-11-24-30(26)33(40)37(32(24)39)18-23-19-41-27-13-4-5-14-28(27)42-23/h1-6,8-9,11-14,20,22-23H,7,10,15-19H2,(H,34,38)/t22-,23-/m1/s1. The molecule has 7 rings (SSSR count). The number of piperidine rings is 1. The Bertz CT molecular complexity index is 1690. The minimum atomic E-state index is -0.467. The van der Waals surface area contributed by atoms with Crippen LogP contribution in [0.5, 0.6) is 11.5 Å². The number of aromatic nitrogens is 1. The Morgan fingerprint density at radius 3 is 2.65 bits per heavy atom. The molecule has 0 aliphatic carbocycles. The second-order valence-electron chi connectivity index (χ2n) is 10.9. The molecule has 4 heterocycles. The van der Waals surface area contributed by atoms with E-state index in [2.05, 4.69) is 15.2 Å². The molecule has 0 bridgehead atoms. The second-order valence-corrected chi connectivity index (χ2v) is 11.9. The van der Waals surface area contributed by atoms with Crippen molar-refractivity contribution in [3.8, 4) is 22.8 Å². The quantitative estimate of drug-likeness (QED) is 0.308. The molecule has 3 aromatic carbocycles. The van der Waals surface area contributed by atoms with E-state index in [9.17, 15) is 14.4 Å². The van der Waals surface area contributed by atoms with Crippen LogP contribution in [0.25, 0.3) is 11.3 Å². The molecule has 4 aromatic rings. The van der Waals surface area contributed by atoms with E-state index < -0.39 is 6.10 Å². The lowest BCUT2D eigenvalue weighted by atomic mass is 9.95. The first-order valence-electron chi connectivity index (χ1n) is 14.5. The number of anilines is 1. The number of nitrogens with one attached hydrogen (secondary N) is 1. The normalized spacial score (nSPS) is 19.3. The number of thiazole rings is 1. The third-order valence-electron chi connectivity index (χ3n) is 8.10. The summed E-state index contributed by atoms with van der Waals surface area (Å²) in [6.45, 7) is 1.87. The molecule has 0 spiro atoms. The molecular weight excluding hydrogens is 564 g/mol. The van der Waals surface area contributed by atoms with E-state index >= 15 is 0 Å². The first-order chi connectivity index (χ1) is 21.0. The highest BCUT2D eigenvalue weighted by Crippen LogP contribution is 2.36. The molecule has 0 saturated carbocycles. The highest BCUT2D eigenvalue weighted by atomic mass is 32.1. The Morgan fingerprint density at radius 2 is 1.79 bits per heavy atom. The number of amides is 3. The number of ether oxygens (including phenoxy) is 2. The summed E-state index contributed by atoms with van der Waals surface area (Å²) >= 11 is 1.53. The number of hydrogen-bond acceptors (Lipinski definition) is 8. The van der Waals surface area contributed by atoms with Gasteiger partial charge in [0, 0.05) is 24.0 Å². The zero-order chi connectivity index (χ0) is 29.3. The van der Waals surface area contributed by atoms with Crippen LogP contribution in [-0.4, -0.2) is 60.0 Å². The number of para-hydroxylation sites is 2. The predicted octanol–water partition coefficient (Wildman–Crippen LogP) is 4.78. The van der Waals surface area contributed by atoms with Gasteiger partial charge in [-0.15, -0.1) is 11.3 Å². The molecule has 3 amide bonds. The van der Waals surface area contributed by atoms with E-state index in [-0.39, 0.29) is 36.8 Å². The fraction of sp³-hybridized carbons (Fsp3) is 0.273. The largest absolute Gasteiger partial charge is 0.486 e. The van der Waals surface area contributed by atoms with Gasteiger partial charge in [0.1, 0.15) is 11.6 Å². The predicted molar refractivity (Wildman–Crippen MR) is 162 cm³/mol. The lowest BCUT2D eigenvalue weighted by molar-refractivity contribution is -0.125. The van der Waals surface area contributed by atoms with Crippen molar-refractivity contribution in [1.82, 2.24) is 15.2 Å². The molecule has 1 aromatic heterocycles. The molecule has 0 unspecified atom stereocenters. The molecule has 9 nitrogen and oxygen atoms in total. The van der Waals surface area contributed by atoms with Crippen LogP contribution in [0.4, 0.5) is 5.69 Å². The number of nitrogens with zero attached hydrogens (tertiary/aromatic N) is 3. The third kappa shape index (κ3) is 5.34. The molecule has 218 valence electrons. The Morgan fingerprint density at radius 1 is 0.977 bits per heavy atom. The summed E-state index contributed by atoms with van der Waals surface area (Å²) in [5.41, 5.74) is 3.41. The zero-order valence-corrected chi connectivity index (χ0v) is 24.2. The van der Waals surface area contributed by atoms with Crippen molar-refractivity contribution in [3.63, 3.8) is 0 Å². The summed E-state index contributed by atoms with van der Waals surface area (Å²) in [4.78, 5) is 48.2. The van der Waals surface area contributed by atoms with Gasteiger partial charge >= 0.3 is 0 Å².